The van der Waals surface area contributed by atoms with E-state index >= 15 is 0 Å². The first-order chi connectivity index (χ1) is 11.7. The Morgan fingerprint density at radius 3 is 2.54 bits per heavy atom. The van der Waals surface area contributed by atoms with Gasteiger partial charge in [0.15, 0.2) is 11.0 Å². The Bertz CT molecular complexity index is 830. The van der Waals surface area contributed by atoms with Crippen LogP contribution in [0.1, 0.15) is 17.7 Å². The van der Waals surface area contributed by atoms with E-state index in [2.05, 4.69) is 35.8 Å². The fourth-order valence-electron chi connectivity index (χ4n) is 2.46. The van der Waals surface area contributed by atoms with Crippen molar-refractivity contribution in [2.24, 2.45) is 0 Å². The van der Waals surface area contributed by atoms with Crippen LogP contribution in [0.5, 0.6) is 0 Å². The fourth-order valence-corrected chi connectivity index (χ4v) is 3.45. The highest BCUT2D eigenvalue weighted by molar-refractivity contribution is 7.99. The van der Waals surface area contributed by atoms with Gasteiger partial charge in [-0.2, -0.15) is 0 Å². The fraction of sp³-hybridized carbons (Fsp3) is 0.158. The minimum atomic E-state index is -0.303. The number of hydrogen-bond acceptors (Lipinski definition) is 3. The molecule has 3 nitrogen and oxygen atoms in total. The van der Waals surface area contributed by atoms with Crippen molar-refractivity contribution >= 4 is 11.8 Å². The molecule has 0 aliphatic rings. The Balaban J connectivity index is 1.95. The van der Waals surface area contributed by atoms with Gasteiger partial charge in [-0.15, -0.1) is 16.8 Å². The minimum absolute atomic E-state index is 0.215. The predicted octanol–water partition coefficient (Wildman–Crippen LogP) is 5.12. The van der Waals surface area contributed by atoms with Crippen molar-refractivity contribution in [1.29, 1.82) is 0 Å². The molecule has 3 aromatic rings. The summed E-state index contributed by atoms with van der Waals surface area (Å²) in [7, 11) is 0. The first-order valence-corrected chi connectivity index (χ1v) is 8.59. The number of nitrogens with zero attached hydrogens (tertiary/aromatic N) is 3. The molecule has 0 spiro atoms. The standard InChI is InChI=1S/C19H18FN3S/c1-3-13-23-18(16-11-7-8-12-17(16)20)21-22-19(23)24-14(2)15-9-5-4-6-10-15/h3-12,14H,1,13H2,2H3. The number of benzene rings is 2. The van der Waals surface area contributed by atoms with Crippen LogP contribution in [0.3, 0.4) is 0 Å². The van der Waals surface area contributed by atoms with Gasteiger partial charge in [0.25, 0.3) is 0 Å². The Morgan fingerprint density at radius 2 is 1.83 bits per heavy atom. The molecule has 5 heteroatoms. The maximum absolute atomic E-state index is 14.1. The van der Waals surface area contributed by atoms with Gasteiger partial charge in [-0.1, -0.05) is 60.3 Å². The summed E-state index contributed by atoms with van der Waals surface area (Å²) >= 11 is 1.60. The van der Waals surface area contributed by atoms with Gasteiger partial charge >= 0.3 is 0 Å². The molecule has 3 rings (SSSR count). The molecule has 0 bridgehead atoms. The normalized spacial score (nSPS) is 12.1. The van der Waals surface area contributed by atoms with E-state index in [1.165, 1.54) is 11.6 Å². The molecule has 122 valence electrons. The van der Waals surface area contributed by atoms with Gasteiger partial charge in [-0.05, 0) is 24.6 Å². The summed E-state index contributed by atoms with van der Waals surface area (Å²) in [6.45, 7) is 6.44. The Hall–Kier alpha value is -2.40. The van der Waals surface area contributed by atoms with Crippen molar-refractivity contribution in [2.75, 3.05) is 0 Å². The van der Waals surface area contributed by atoms with Gasteiger partial charge in [-0.3, -0.25) is 4.57 Å². The molecule has 1 atom stereocenters. The second kappa shape index (κ2) is 7.45. The number of halogens is 1. The van der Waals surface area contributed by atoms with E-state index in [1.54, 1.807) is 36.0 Å². The number of aromatic nitrogens is 3. The minimum Gasteiger partial charge on any atom is -0.298 e. The van der Waals surface area contributed by atoms with Crippen LogP contribution in [0, 0.1) is 5.82 Å². The molecule has 0 fully saturated rings. The predicted molar refractivity (Wildman–Crippen MR) is 96.3 cm³/mol. The average Bonchev–Trinajstić information content (AvgIpc) is 2.99. The van der Waals surface area contributed by atoms with E-state index in [1.807, 2.05) is 22.8 Å². The quantitative estimate of drug-likeness (QED) is 0.461. The first-order valence-electron chi connectivity index (χ1n) is 7.71. The third-order valence-electron chi connectivity index (χ3n) is 3.69. The lowest BCUT2D eigenvalue weighted by Crippen LogP contribution is -2.02. The van der Waals surface area contributed by atoms with E-state index in [0.717, 1.165) is 5.16 Å². The highest BCUT2D eigenvalue weighted by Gasteiger charge is 2.18. The summed E-state index contributed by atoms with van der Waals surface area (Å²) in [5, 5.41) is 9.47. The molecule has 0 amide bonds. The summed E-state index contributed by atoms with van der Waals surface area (Å²) < 4.78 is 16.0. The zero-order valence-corrected chi connectivity index (χ0v) is 14.2. The number of thioether (sulfide) groups is 1. The molecule has 1 unspecified atom stereocenters. The number of allylic oxidation sites excluding steroid dienone is 1. The Morgan fingerprint density at radius 1 is 1.12 bits per heavy atom. The van der Waals surface area contributed by atoms with Gasteiger partial charge in [0.1, 0.15) is 5.82 Å². The van der Waals surface area contributed by atoms with Crippen LogP contribution in [0.25, 0.3) is 11.4 Å². The maximum atomic E-state index is 14.1. The van der Waals surface area contributed by atoms with Crippen molar-refractivity contribution in [2.45, 2.75) is 23.9 Å². The smallest absolute Gasteiger partial charge is 0.192 e. The lowest BCUT2D eigenvalue weighted by atomic mass is 10.2. The molecule has 1 aromatic heterocycles. The highest BCUT2D eigenvalue weighted by atomic mass is 32.2. The van der Waals surface area contributed by atoms with E-state index in [0.29, 0.717) is 17.9 Å². The summed E-state index contributed by atoms with van der Waals surface area (Å²) in [4.78, 5) is 0. The zero-order chi connectivity index (χ0) is 16.9. The van der Waals surface area contributed by atoms with E-state index in [-0.39, 0.29) is 11.1 Å². The third-order valence-corrected chi connectivity index (χ3v) is 4.83. The first kappa shape index (κ1) is 16.5. The Kier molecular flexibility index (Phi) is 5.11. The van der Waals surface area contributed by atoms with Crippen LogP contribution in [0.2, 0.25) is 0 Å². The van der Waals surface area contributed by atoms with Crippen LogP contribution < -0.4 is 0 Å². The maximum Gasteiger partial charge on any atom is 0.192 e. The van der Waals surface area contributed by atoms with Crippen LogP contribution >= 0.6 is 11.8 Å². The van der Waals surface area contributed by atoms with Crippen molar-refractivity contribution in [3.63, 3.8) is 0 Å². The van der Waals surface area contributed by atoms with E-state index in [4.69, 9.17) is 0 Å². The molecule has 0 aliphatic carbocycles. The summed E-state index contributed by atoms with van der Waals surface area (Å²) in [5.74, 6) is 0.221. The van der Waals surface area contributed by atoms with Crippen LogP contribution in [-0.2, 0) is 6.54 Å². The van der Waals surface area contributed by atoms with Crippen molar-refractivity contribution in [3.8, 4) is 11.4 Å². The average molecular weight is 339 g/mol. The van der Waals surface area contributed by atoms with Crippen molar-refractivity contribution in [3.05, 3.63) is 78.6 Å². The lowest BCUT2D eigenvalue weighted by Gasteiger charge is -2.13. The van der Waals surface area contributed by atoms with Crippen LogP contribution in [0.15, 0.2) is 72.4 Å². The van der Waals surface area contributed by atoms with Gasteiger partial charge in [-0.25, -0.2) is 4.39 Å². The monoisotopic (exact) mass is 339 g/mol. The number of rotatable bonds is 6. The van der Waals surface area contributed by atoms with Crippen LogP contribution in [0.4, 0.5) is 4.39 Å². The van der Waals surface area contributed by atoms with Crippen molar-refractivity contribution < 1.29 is 4.39 Å². The molecular weight excluding hydrogens is 321 g/mol. The molecule has 0 radical (unpaired) electrons. The van der Waals surface area contributed by atoms with E-state index < -0.39 is 0 Å². The van der Waals surface area contributed by atoms with Crippen LogP contribution in [-0.4, -0.2) is 14.8 Å². The van der Waals surface area contributed by atoms with E-state index in [9.17, 15) is 4.39 Å². The lowest BCUT2D eigenvalue weighted by molar-refractivity contribution is 0.626. The SMILES string of the molecule is C=CCn1c(SC(C)c2ccccc2)nnc1-c1ccccc1F. The van der Waals surface area contributed by atoms with Gasteiger partial charge in [0.2, 0.25) is 0 Å². The molecular formula is C19H18FN3S. The number of hydrogen-bond donors (Lipinski definition) is 0. The Labute approximate surface area is 145 Å². The highest BCUT2D eigenvalue weighted by Crippen LogP contribution is 2.35. The van der Waals surface area contributed by atoms with Gasteiger partial charge in [0.05, 0.1) is 5.56 Å². The largest absolute Gasteiger partial charge is 0.298 e. The zero-order valence-electron chi connectivity index (χ0n) is 13.4. The van der Waals surface area contributed by atoms with Crippen molar-refractivity contribution in [1.82, 2.24) is 14.8 Å². The second-order valence-corrected chi connectivity index (χ2v) is 6.66. The second-order valence-electron chi connectivity index (χ2n) is 5.36. The topological polar surface area (TPSA) is 30.7 Å². The summed E-state index contributed by atoms with van der Waals surface area (Å²) in [6, 6.07) is 16.8. The third kappa shape index (κ3) is 3.41. The molecule has 0 aliphatic heterocycles. The summed E-state index contributed by atoms with van der Waals surface area (Å²) in [6.07, 6.45) is 1.77. The molecule has 1 heterocycles. The van der Waals surface area contributed by atoms with Gasteiger partial charge in [0, 0.05) is 11.8 Å². The molecule has 0 saturated carbocycles. The summed E-state index contributed by atoms with van der Waals surface area (Å²) in [5.41, 5.74) is 1.66. The molecule has 0 N–H and O–H groups in total. The van der Waals surface area contributed by atoms with Gasteiger partial charge < -0.3 is 0 Å². The molecule has 2 aromatic carbocycles. The molecule has 0 saturated heterocycles. The molecule has 24 heavy (non-hydrogen) atoms.